The Morgan fingerprint density at radius 3 is 2.75 bits per heavy atom. The van der Waals surface area contributed by atoms with Gasteiger partial charge in [0.25, 0.3) is 5.91 Å². The summed E-state index contributed by atoms with van der Waals surface area (Å²) in [6, 6.07) is 9.34. The first-order valence-electron chi connectivity index (χ1n) is 7.42. The van der Waals surface area contributed by atoms with Crippen LogP contribution in [0, 0.1) is 0 Å². The highest BCUT2D eigenvalue weighted by molar-refractivity contribution is 5.98. The van der Waals surface area contributed by atoms with Crippen LogP contribution in [-0.2, 0) is 0 Å². The predicted molar refractivity (Wildman–Crippen MR) is 78.7 cm³/mol. The lowest BCUT2D eigenvalue weighted by Crippen LogP contribution is -2.48. The van der Waals surface area contributed by atoms with E-state index in [4.69, 9.17) is 0 Å². The Labute approximate surface area is 117 Å². The molecule has 1 amide bonds. The number of fused-ring (bicyclic) bond motifs is 3. The van der Waals surface area contributed by atoms with Crippen LogP contribution in [0.5, 0.6) is 0 Å². The number of H-pyrrole nitrogens is 1. The van der Waals surface area contributed by atoms with Gasteiger partial charge >= 0.3 is 0 Å². The number of piperidine rings is 1. The number of hydrogen-bond acceptors (Lipinski definition) is 2. The SMILES string of the molecule is O=C(NC1CC2CCC(C1)N2)c1ccc2[nH]ccc2c1. The highest BCUT2D eigenvalue weighted by Crippen LogP contribution is 2.27. The van der Waals surface area contributed by atoms with Gasteiger partial charge in [-0.1, -0.05) is 0 Å². The zero-order valence-electron chi connectivity index (χ0n) is 11.4. The van der Waals surface area contributed by atoms with Gasteiger partial charge in [-0.2, -0.15) is 0 Å². The van der Waals surface area contributed by atoms with Gasteiger partial charge in [0.05, 0.1) is 0 Å². The molecule has 2 aliphatic heterocycles. The van der Waals surface area contributed by atoms with Crippen molar-refractivity contribution in [2.24, 2.45) is 0 Å². The fourth-order valence-electron chi connectivity index (χ4n) is 3.64. The van der Waals surface area contributed by atoms with Gasteiger partial charge in [0.1, 0.15) is 0 Å². The Morgan fingerprint density at radius 1 is 1.15 bits per heavy atom. The van der Waals surface area contributed by atoms with Gasteiger partial charge in [-0.05, 0) is 49.9 Å². The fourth-order valence-corrected chi connectivity index (χ4v) is 3.64. The minimum absolute atomic E-state index is 0.0550. The molecule has 0 aliphatic carbocycles. The highest BCUT2D eigenvalue weighted by atomic mass is 16.1. The largest absolute Gasteiger partial charge is 0.361 e. The second-order valence-corrected chi connectivity index (χ2v) is 6.06. The maximum absolute atomic E-state index is 12.4. The summed E-state index contributed by atoms with van der Waals surface area (Å²) in [6.45, 7) is 0. The number of carbonyl (C=O) groups is 1. The van der Waals surface area contributed by atoms with Crippen molar-refractivity contribution in [1.82, 2.24) is 15.6 Å². The molecule has 1 aromatic carbocycles. The van der Waals surface area contributed by atoms with Crippen LogP contribution >= 0.6 is 0 Å². The molecule has 0 spiro atoms. The summed E-state index contributed by atoms with van der Waals surface area (Å²) >= 11 is 0. The number of rotatable bonds is 2. The second-order valence-electron chi connectivity index (χ2n) is 6.06. The van der Waals surface area contributed by atoms with E-state index in [0.29, 0.717) is 18.1 Å². The molecule has 3 heterocycles. The molecule has 2 aromatic rings. The van der Waals surface area contributed by atoms with Crippen molar-refractivity contribution in [1.29, 1.82) is 0 Å². The molecule has 0 saturated carbocycles. The van der Waals surface area contributed by atoms with Crippen LogP contribution in [0.15, 0.2) is 30.5 Å². The van der Waals surface area contributed by atoms with E-state index in [1.54, 1.807) is 0 Å². The minimum Gasteiger partial charge on any atom is -0.361 e. The molecule has 104 valence electrons. The molecule has 2 unspecified atom stereocenters. The Kier molecular flexibility index (Phi) is 2.77. The van der Waals surface area contributed by atoms with Crippen LogP contribution in [-0.4, -0.2) is 29.0 Å². The lowest BCUT2D eigenvalue weighted by Gasteiger charge is -2.29. The average Bonchev–Trinajstić information content (AvgIpc) is 3.04. The van der Waals surface area contributed by atoms with E-state index in [-0.39, 0.29) is 5.91 Å². The molecule has 2 bridgehead atoms. The maximum Gasteiger partial charge on any atom is 0.251 e. The molecule has 2 atom stereocenters. The number of amides is 1. The van der Waals surface area contributed by atoms with Crippen LogP contribution in [0.4, 0.5) is 0 Å². The maximum atomic E-state index is 12.4. The van der Waals surface area contributed by atoms with Crippen molar-refractivity contribution < 1.29 is 4.79 Å². The van der Waals surface area contributed by atoms with Crippen molar-refractivity contribution in [3.05, 3.63) is 36.0 Å². The van der Waals surface area contributed by atoms with Gasteiger partial charge in [-0.15, -0.1) is 0 Å². The van der Waals surface area contributed by atoms with E-state index in [1.165, 1.54) is 12.8 Å². The van der Waals surface area contributed by atoms with Crippen LogP contribution in [0.2, 0.25) is 0 Å². The van der Waals surface area contributed by atoms with E-state index >= 15 is 0 Å². The van der Waals surface area contributed by atoms with Crippen LogP contribution in [0.1, 0.15) is 36.0 Å². The van der Waals surface area contributed by atoms with E-state index in [1.807, 2.05) is 30.5 Å². The van der Waals surface area contributed by atoms with E-state index in [2.05, 4.69) is 15.6 Å². The Bertz CT molecular complexity index is 636. The zero-order valence-corrected chi connectivity index (χ0v) is 11.4. The topological polar surface area (TPSA) is 56.9 Å². The molecule has 4 rings (SSSR count). The summed E-state index contributed by atoms with van der Waals surface area (Å²) in [5.74, 6) is 0.0550. The molecule has 3 N–H and O–H groups in total. The first-order valence-corrected chi connectivity index (χ1v) is 7.42. The van der Waals surface area contributed by atoms with Gasteiger partial charge in [0.15, 0.2) is 0 Å². The van der Waals surface area contributed by atoms with Crippen LogP contribution < -0.4 is 10.6 Å². The monoisotopic (exact) mass is 269 g/mol. The molecule has 1 aromatic heterocycles. The normalized spacial score (nSPS) is 28.7. The number of hydrogen-bond donors (Lipinski definition) is 3. The van der Waals surface area contributed by atoms with Gasteiger partial charge in [-0.25, -0.2) is 0 Å². The fraction of sp³-hybridized carbons (Fsp3) is 0.438. The highest BCUT2D eigenvalue weighted by Gasteiger charge is 2.34. The van der Waals surface area contributed by atoms with Gasteiger partial charge in [-0.3, -0.25) is 4.79 Å². The Hall–Kier alpha value is -1.81. The van der Waals surface area contributed by atoms with Gasteiger partial charge < -0.3 is 15.6 Å². The van der Waals surface area contributed by atoms with Crippen molar-refractivity contribution in [2.75, 3.05) is 0 Å². The molecule has 2 saturated heterocycles. The Balaban J connectivity index is 1.49. The number of aromatic nitrogens is 1. The van der Waals surface area contributed by atoms with Crippen molar-refractivity contribution in [2.45, 2.75) is 43.8 Å². The smallest absolute Gasteiger partial charge is 0.251 e. The molecule has 2 fully saturated rings. The summed E-state index contributed by atoms with van der Waals surface area (Å²) in [5, 5.41) is 7.89. The quantitative estimate of drug-likeness (QED) is 0.782. The third-order valence-corrected chi connectivity index (χ3v) is 4.62. The van der Waals surface area contributed by atoms with Crippen molar-refractivity contribution in [3.63, 3.8) is 0 Å². The number of nitrogens with one attached hydrogen (secondary N) is 3. The second kappa shape index (κ2) is 4.63. The van der Waals surface area contributed by atoms with Crippen molar-refractivity contribution >= 4 is 16.8 Å². The van der Waals surface area contributed by atoms with Crippen molar-refractivity contribution in [3.8, 4) is 0 Å². The average molecular weight is 269 g/mol. The molecular weight excluding hydrogens is 250 g/mol. The zero-order chi connectivity index (χ0) is 13.5. The summed E-state index contributed by atoms with van der Waals surface area (Å²) in [6.07, 6.45) is 6.54. The first kappa shape index (κ1) is 12.0. The predicted octanol–water partition coefficient (Wildman–Crippen LogP) is 2.18. The number of aromatic amines is 1. The van der Waals surface area contributed by atoms with E-state index < -0.39 is 0 Å². The summed E-state index contributed by atoms with van der Waals surface area (Å²) in [4.78, 5) is 15.5. The van der Waals surface area contributed by atoms with Gasteiger partial charge in [0, 0.05) is 40.8 Å². The van der Waals surface area contributed by atoms with E-state index in [9.17, 15) is 4.79 Å². The molecule has 0 radical (unpaired) electrons. The summed E-state index contributed by atoms with van der Waals surface area (Å²) in [7, 11) is 0. The number of carbonyl (C=O) groups excluding carboxylic acids is 1. The summed E-state index contributed by atoms with van der Waals surface area (Å²) < 4.78 is 0. The standard InChI is InChI=1S/C16H19N3O/c20-16(11-1-4-15-10(7-11)5-6-17-15)19-14-8-12-2-3-13(9-14)18-12/h1,4-7,12-14,17-18H,2-3,8-9H2,(H,19,20). The molecular formula is C16H19N3O. The third kappa shape index (κ3) is 2.10. The lowest BCUT2D eigenvalue weighted by atomic mass is 9.99. The molecule has 20 heavy (non-hydrogen) atoms. The number of benzene rings is 1. The lowest BCUT2D eigenvalue weighted by molar-refractivity contribution is 0.0924. The molecule has 4 nitrogen and oxygen atoms in total. The van der Waals surface area contributed by atoms with E-state index in [0.717, 1.165) is 29.3 Å². The molecule has 4 heteroatoms. The van der Waals surface area contributed by atoms with Gasteiger partial charge in [0.2, 0.25) is 0 Å². The molecule has 2 aliphatic rings. The third-order valence-electron chi connectivity index (χ3n) is 4.62. The first-order chi connectivity index (χ1) is 9.78. The summed E-state index contributed by atoms with van der Waals surface area (Å²) in [5.41, 5.74) is 1.82. The minimum atomic E-state index is 0.0550. The van der Waals surface area contributed by atoms with Crippen LogP contribution in [0.3, 0.4) is 0 Å². The van der Waals surface area contributed by atoms with Crippen LogP contribution in [0.25, 0.3) is 10.9 Å². The Morgan fingerprint density at radius 2 is 1.95 bits per heavy atom.